The van der Waals surface area contributed by atoms with Gasteiger partial charge in [-0.05, 0) is 47.5 Å². The highest BCUT2D eigenvalue weighted by Crippen LogP contribution is 2.36. The Balaban J connectivity index is 2.84. The number of methoxy groups -OCH3 is 1. The van der Waals surface area contributed by atoms with Crippen molar-refractivity contribution >= 4 is 12.1 Å². The Morgan fingerprint density at radius 1 is 1.32 bits per heavy atom. The molecule has 0 N–H and O–H groups in total. The van der Waals surface area contributed by atoms with E-state index >= 15 is 0 Å². The van der Waals surface area contributed by atoms with Crippen LogP contribution in [0.1, 0.15) is 53.9 Å². The molecule has 1 fully saturated rings. The van der Waals surface area contributed by atoms with Crippen LogP contribution in [0.3, 0.4) is 0 Å². The molecule has 19 heavy (non-hydrogen) atoms. The maximum Gasteiger partial charge on any atom is 0.410 e. The van der Waals surface area contributed by atoms with Gasteiger partial charge in [0.25, 0.3) is 0 Å². The van der Waals surface area contributed by atoms with E-state index in [1.54, 1.807) is 4.90 Å². The smallest absolute Gasteiger partial charge is 0.410 e. The molecule has 1 saturated heterocycles. The van der Waals surface area contributed by atoms with Crippen LogP contribution < -0.4 is 0 Å². The molecule has 0 aromatic carbocycles. The van der Waals surface area contributed by atoms with Gasteiger partial charge in [0.05, 0.1) is 13.5 Å². The SMILES string of the molecule is COC(=O)CC1CCC(C)(C)N1C(=O)OC(C)(C)C. The highest BCUT2D eigenvalue weighted by atomic mass is 16.6. The van der Waals surface area contributed by atoms with Crippen LogP contribution >= 0.6 is 0 Å². The molecule has 1 rings (SSSR count). The molecule has 0 radical (unpaired) electrons. The van der Waals surface area contributed by atoms with E-state index in [9.17, 15) is 9.59 Å². The Morgan fingerprint density at radius 2 is 1.89 bits per heavy atom. The second-order valence-electron chi connectivity index (χ2n) is 6.64. The lowest BCUT2D eigenvalue weighted by Gasteiger charge is -2.36. The van der Waals surface area contributed by atoms with Gasteiger partial charge in [0, 0.05) is 11.6 Å². The van der Waals surface area contributed by atoms with E-state index in [1.807, 2.05) is 34.6 Å². The fourth-order valence-electron chi connectivity index (χ4n) is 2.44. The second-order valence-corrected chi connectivity index (χ2v) is 6.64. The first-order valence-corrected chi connectivity index (χ1v) is 6.66. The van der Waals surface area contributed by atoms with E-state index in [0.29, 0.717) is 0 Å². The third kappa shape index (κ3) is 4.11. The topological polar surface area (TPSA) is 55.8 Å². The Kier molecular flexibility index (Phi) is 4.48. The van der Waals surface area contributed by atoms with Crippen molar-refractivity contribution in [3.8, 4) is 0 Å². The fourth-order valence-corrected chi connectivity index (χ4v) is 2.44. The number of nitrogens with zero attached hydrogens (tertiary/aromatic N) is 1. The maximum atomic E-state index is 12.3. The number of esters is 1. The summed E-state index contributed by atoms with van der Waals surface area (Å²) in [6, 6.07) is -0.141. The summed E-state index contributed by atoms with van der Waals surface area (Å²) in [5.74, 6) is -0.295. The van der Waals surface area contributed by atoms with E-state index in [2.05, 4.69) is 0 Å². The molecule has 1 amide bonds. The van der Waals surface area contributed by atoms with Gasteiger partial charge in [-0.1, -0.05) is 0 Å². The lowest BCUT2D eigenvalue weighted by molar-refractivity contribution is -0.141. The number of rotatable bonds is 2. The zero-order valence-corrected chi connectivity index (χ0v) is 12.8. The number of hydrogen-bond acceptors (Lipinski definition) is 4. The summed E-state index contributed by atoms with van der Waals surface area (Å²) in [5.41, 5.74) is -0.827. The molecule has 1 atom stereocenters. The summed E-state index contributed by atoms with van der Waals surface area (Å²) in [5, 5.41) is 0. The van der Waals surface area contributed by atoms with Crippen LogP contribution in [0.25, 0.3) is 0 Å². The second kappa shape index (κ2) is 5.39. The minimum absolute atomic E-state index is 0.141. The van der Waals surface area contributed by atoms with Gasteiger partial charge in [-0.3, -0.25) is 9.69 Å². The lowest BCUT2D eigenvalue weighted by atomic mass is 10.0. The number of amides is 1. The van der Waals surface area contributed by atoms with Crippen molar-refractivity contribution in [1.29, 1.82) is 0 Å². The highest BCUT2D eigenvalue weighted by molar-refractivity contribution is 5.74. The lowest BCUT2D eigenvalue weighted by Crippen LogP contribution is -2.49. The summed E-state index contributed by atoms with van der Waals surface area (Å²) in [6.45, 7) is 9.50. The first kappa shape index (κ1) is 15.8. The molecule has 5 heteroatoms. The van der Waals surface area contributed by atoms with Crippen LogP contribution in [-0.4, -0.2) is 41.3 Å². The molecule has 0 bridgehead atoms. The molecule has 0 aliphatic carbocycles. The Hall–Kier alpha value is -1.26. The van der Waals surface area contributed by atoms with Crippen molar-refractivity contribution in [2.24, 2.45) is 0 Å². The molecule has 0 saturated carbocycles. The van der Waals surface area contributed by atoms with Crippen molar-refractivity contribution in [2.45, 2.75) is 71.1 Å². The molecular weight excluding hydrogens is 246 g/mol. The normalized spacial score (nSPS) is 22.2. The average Bonchev–Trinajstić information content (AvgIpc) is 2.51. The first-order valence-electron chi connectivity index (χ1n) is 6.66. The minimum Gasteiger partial charge on any atom is -0.469 e. The third-order valence-corrected chi connectivity index (χ3v) is 3.33. The van der Waals surface area contributed by atoms with E-state index in [-0.39, 0.29) is 30.1 Å². The molecule has 0 aromatic rings. The number of carbonyl (C=O) groups is 2. The monoisotopic (exact) mass is 271 g/mol. The van der Waals surface area contributed by atoms with Crippen molar-refractivity contribution in [2.75, 3.05) is 7.11 Å². The van der Waals surface area contributed by atoms with Crippen LogP contribution in [0.2, 0.25) is 0 Å². The van der Waals surface area contributed by atoms with E-state index < -0.39 is 5.60 Å². The molecule has 1 unspecified atom stereocenters. The van der Waals surface area contributed by atoms with Crippen LogP contribution in [0.15, 0.2) is 0 Å². The van der Waals surface area contributed by atoms with Gasteiger partial charge in [-0.25, -0.2) is 4.79 Å². The van der Waals surface area contributed by atoms with E-state index in [4.69, 9.17) is 9.47 Å². The zero-order valence-electron chi connectivity index (χ0n) is 12.8. The van der Waals surface area contributed by atoms with Crippen molar-refractivity contribution in [3.05, 3.63) is 0 Å². The summed E-state index contributed by atoms with van der Waals surface area (Å²) in [7, 11) is 1.36. The number of likely N-dealkylation sites (tertiary alicyclic amines) is 1. The Morgan fingerprint density at radius 3 is 2.37 bits per heavy atom. The molecule has 110 valence electrons. The predicted molar refractivity (Wildman–Crippen MR) is 71.8 cm³/mol. The number of carbonyl (C=O) groups excluding carboxylic acids is 2. The molecular formula is C14H25NO4. The molecule has 1 heterocycles. The van der Waals surface area contributed by atoms with Gasteiger partial charge >= 0.3 is 12.1 Å². The molecule has 1 aliphatic heterocycles. The number of ether oxygens (including phenoxy) is 2. The van der Waals surface area contributed by atoms with Crippen molar-refractivity contribution in [3.63, 3.8) is 0 Å². The largest absolute Gasteiger partial charge is 0.469 e. The van der Waals surface area contributed by atoms with Gasteiger partial charge < -0.3 is 9.47 Å². The van der Waals surface area contributed by atoms with Gasteiger partial charge in [-0.2, -0.15) is 0 Å². The maximum absolute atomic E-state index is 12.3. The van der Waals surface area contributed by atoms with Crippen LogP contribution in [0, 0.1) is 0 Å². The summed E-state index contributed by atoms with van der Waals surface area (Å²) >= 11 is 0. The summed E-state index contributed by atoms with van der Waals surface area (Å²) < 4.78 is 10.1. The zero-order chi connectivity index (χ0) is 14.8. The quantitative estimate of drug-likeness (QED) is 0.725. The highest BCUT2D eigenvalue weighted by Gasteiger charge is 2.45. The van der Waals surface area contributed by atoms with Crippen molar-refractivity contribution in [1.82, 2.24) is 4.90 Å². The molecule has 0 aromatic heterocycles. The van der Waals surface area contributed by atoms with Crippen LogP contribution in [0.5, 0.6) is 0 Å². The van der Waals surface area contributed by atoms with Crippen LogP contribution in [0.4, 0.5) is 4.79 Å². The molecule has 0 spiro atoms. The Labute approximate surface area is 115 Å². The van der Waals surface area contributed by atoms with Crippen molar-refractivity contribution < 1.29 is 19.1 Å². The third-order valence-electron chi connectivity index (χ3n) is 3.33. The van der Waals surface area contributed by atoms with Crippen LogP contribution in [-0.2, 0) is 14.3 Å². The van der Waals surface area contributed by atoms with Gasteiger partial charge in [-0.15, -0.1) is 0 Å². The van der Waals surface area contributed by atoms with Gasteiger partial charge in [0.1, 0.15) is 5.60 Å². The molecule has 5 nitrogen and oxygen atoms in total. The molecule has 1 aliphatic rings. The van der Waals surface area contributed by atoms with E-state index in [1.165, 1.54) is 7.11 Å². The van der Waals surface area contributed by atoms with E-state index in [0.717, 1.165) is 12.8 Å². The predicted octanol–water partition coefficient (Wildman–Crippen LogP) is 2.73. The summed E-state index contributed by atoms with van der Waals surface area (Å²) in [4.78, 5) is 25.4. The number of hydrogen-bond donors (Lipinski definition) is 0. The average molecular weight is 271 g/mol. The van der Waals surface area contributed by atoms with Gasteiger partial charge in [0.2, 0.25) is 0 Å². The van der Waals surface area contributed by atoms with Gasteiger partial charge in [0.15, 0.2) is 0 Å². The fraction of sp³-hybridized carbons (Fsp3) is 0.857. The summed E-state index contributed by atoms with van der Waals surface area (Å²) in [6.07, 6.45) is 1.51. The minimum atomic E-state index is -0.536. The Bertz CT molecular complexity index is 357. The standard InChI is InChI=1S/C14H25NO4/c1-13(2,3)19-12(17)15-10(9-11(16)18-6)7-8-14(15,4)5/h10H,7-9H2,1-6H3. The first-order chi connectivity index (χ1) is 8.57.